The number of rotatable bonds is 2. The molecule has 146 valence electrons. The maximum Gasteiger partial charge on any atom is 0.416 e. The number of carbonyl (C=O) groups is 2. The molecule has 2 aromatic rings. The predicted molar refractivity (Wildman–Crippen MR) is 99.8 cm³/mol. The zero-order valence-electron chi connectivity index (χ0n) is 14.4. The molecule has 9 heteroatoms. The van der Waals surface area contributed by atoms with Gasteiger partial charge < -0.3 is 15.5 Å². The van der Waals surface area contributed by atoms with Gasteiger partial charge in [-0.2, -0.15) is 13.2 Å². The summed E-state index contributed by atoms with van der Waals surface area (Å²) >= 11 is 5.88. The first-order valence-electron chi connectivity index (χ1n) is 8.64. The van der Waals surface area contributed by atoms with Gasteiger partial charge in [-0.15, -0.1) is 0 Å². The molecule has 0 radical (unpaired) electrons. The molecule has 2 amide bonds. The first-order chi connectivity index (χ1) is 13.2. The van der Waals surface area contributed by atoms with Gasteiger partial charge in [0, 0.05) is 12.1 Å². The normalized spacial score (nSPS) is 18.4. The number of fused-ring (bicyclic) bond motifs is 3. The molecule has 2 aliphatic rings. The van der Waals surface area contributed by atoms with Crippen molar-refractivity contribution in [2.75, 3.05) is 22.1 Å². The van der Waals surface area contributed by atoms with Crippen LogP contribution in [0.2, 0.25) is 5.02 Å². The minimum absolute atomic E-state index is 0.0704. The molecule has 0 spiro atoms. The summed E-state index contributed by atoms with van der Waals surface area (Å²) < 4.78 is 38.2. The van der Waals surface area contributed by atoms with E-state index in [-0.39, 0.29) is 28.2 Å². The van der Waals surface area contributed by atoms with Crippen LogP contribution < -0.4 is 15.5 Å². The SMILES string of the molecule is O=C(Nc1ccc(C(F)(F)F)cc1Cl)c1ccc2c(c1)NC(=O)[C@@H]1CCCN21. The topological polar surface area (TPSA) is 61.4 Å². The molecule has 1 atom stereocenters. The Morgan fingerprint density at radius 2 is 2.00 bits per heavy atom. The van der Waals surface area contributed by atoms with E-state index >= 15 is 0 Å². The van der Waals surface area contributed by atoms with E-state index in [0.29, 0.717) is 5.69 Å². The Bertz CT molecular complexity index is 977. The number of nitrogens with one attached hydrogen (secondary N) is 2. The van der Waals surface area contributed by atoms with Gasteiger partial charge in [0.1, 0.15) is 6.04 Å². The lowest BCUT2D eigenvalue weighted by Crippen LogP contribution is -2.43. The van der Waals surface area contributed by atoms with Crippen LogP contribution in [0, 0.1) is 0 Å². The maximum absolute atomic E-state index is 12.7. The van der Waals surface area contributed by atoms with Crippen molar-refractivity contribution in [3.05, 3.63) is 52.5 Å². The molecule has 4 rings (SSSR count). The first kappa shape index (κ1) is 18.6. The van der Waals surface area contributed by atoms with Gasteiger partial charge in [0.25, 0.3) is 5.91 Å². The highest BCUT2D eigenvalue weighted by molar-refractivity contribution is 6.34. The van der Waals surface area contributed by atoms with Crippen LogP contribution in [0.25, 0.3) is 0 Å². The third kappa shape index (κ3) is 3.28. The van der Waals surface area contributed by atoms with Gasteiger partial charge >= 0.3 is 6.18 Å². The molecule has 0 unspecified atom stereocenters. The summed E-state index contributed by atoms with van der Waals surface area (Å²) in [5, 5.41) is 5.11. The summed E-state index contributed by atoms with van der Waals surface area (Å²) in [6.07, 6.45) is -2.80. The van der Waals surface area contributed by atoms with Crippen molar-refractivity contribution in [3.63, 3.8) is 0 Å². The van der Waals surface area contributed by atoms with E-state index < -0.39 is 17.6 Å². The van der Waals surface area contributed by atoms with Crippen LogP contribution in [0.1, 0.15) is 28.8 Å². The van der Waals surface area contributed by atoms with Crippen LogP contribution >= 0.6 is 11.6 Å². The molecule has 1 saturated heterocycles. The summed E-state index contributed by atoms with van der Waals surface area (Å²) in [5.74, 6) is -0.643. The number of amides is 2. The number of halogens is 4. The number of hydrogen-bond acceptors (Lipinski definition) is 3. The fraction of sp³-hybridized carbons (Fsp3) is 0.263. The molecule has 0 aromatic heterocycles. The zero-order valence-corrected chi connectivity index (χ0v) is 15.2. The molecule has 5 nitrogen and oxygen atoms in total. The van der Waals surface area contributed by atoms with Crippen LogP contribution in [0.4, 0.5) is 30.2 Å². The lowest BCUT2D eigenvalue weighted by Gasteiger charge is -2.33. The first-order valence-corrected chi connectivity index (χ1v) is 9.01. The van der Waals surface area contributed by atoms with Gasteiger partial charge in [-0.3, -0.25) is 9.59 Å². The largest absolute Gasteiger partial charge is 0.416 e. The molecule has 28 heavy (non-hydrogen) atoms. The number of hydrogen-bond donors (Lipinski definition) is 2. The lowest BCUT2D eigenvalue weighted by molar-refractivity contribution is -0.137. The van der Waals surface area contributed by atoms with Gasteiger partial charge in [-0.1, -0.05) is 11.6 Å². The van der Waals surface area contributed by atoms with E-state index in [9.17, 15) is 22.8 Å². The van der Waals surface area contributed by atoms with E-state index in [1.807, 2.05) is 4.90 Å². The summed E-state index contributed by atoms with van der Waals surface area (Å²) in [4.78, 5) is 26.7. The fourth-order valence-electron chi connectivity index (χ4n) is 3.56. The third-order valence-corrected chi connectivity index (χ3v) is 5.24. The summed E-state index contributed by atoms with van der Waals surface area (Å²) in [6.45, 7) is 0.776. The number of carbonyl (C=O) groups excluding carboxylic acids is 2. The van der Waals surface area contributed by atoms with Gasteiger partial charge in [0.2, 0.25) is 5.91 Å². The molecule has 0 aliphatic carbocycles. The zero-order chi connectivity index (χ0) is 20.1. The maximum atomic E-state index is 12.7. The van der Waals surface area contributed by atoms with Crippen LogP contribution in [-0.2, 0) is 11.0 Å². The number of nitrogens with zero attached hydrogens (tertiary/aromatic N) is 1. The Morgan fingerprint density at radius 3 is 2.71 bits per heavy atom. The quantitative estimate of drug-likeness (QED) is 0.766. The van der Waals surface area contributed by atoms with Gasteiger partial charge in [0.05, 0.1) is 27.6 Å². The van der Waals surface area contributed by atoms with E-state index in [1.54, 1.807) is 18.2 Å². The third-order valence-electron chi connectivity index (χ3n) is 4.93. The molecule has 2 aliphatic heterocycles. The molecule has 0 saturated carbocycles. The molecule has 2 heterocycles. The Morgan fingerprint density at radius 1 is 1.21 bits per heavy atom. The summed E-state index contributed by atoms with van der Waals surface area (Å²) in [6, 6.07) is 7.46. The minimum Gasteiger partial charge on any atom is -0.358 e. The van der Waals surface area contributed by atoms with Crippen molar-refractivity contribution in [3.8, 4) is 0 Å². The molecule has 2 aromatic carbocycles. The van der Waals surface area contributed by atoms with Crippen LogP contribution in [0.5, 0.6) is 0 Å². The Balaban J connectivity index is 1.57. The Labute approximate surface area is 163 Å². The lowest BCUT2D eigenvalue weighted by atomic mass is 10.1. The highest BCUT2D eigenvalue weighted by atomic mass is 35.5. The average Bonchev–Trinajstić information content (AvgIpc) is 3.13. The second kappa shape index (κ2) is 6.70. The van der Waals surface area contributed by atoms with Crippen molar-refractivity contribution in [1.29, 1.82) is 0 Å². The van der Waals surface area contributed by atoms with Crippen molar-refractivity contribution < 1.29 is 22.8 Å². The van der Waals surface area contributed by atoms with E-state index in [1.165, 1.54) is 0 Å². The molecular formula is C19H15ClF3N3O2. The smallest absolute Gasteiger partial charge is 0.358 e. The molecule has 1 fully saturated rings. The van der Waals surface area contributed by atoms with Crippen molar-refractivity contribution in [2.45, 2.75) is 25.1 Å². The van der Waals surface area contributed by atoms with E-state index in [4.69, 9.17) is 11.6 Å². The Hall–Kier alpha value is -2.74. The second-order valence-electron chi connectivity index (χ2n) is 6.72. The molecular weight excluding hydrogens is 395 g/mol. The second-order valence-corrected chi connectivity index (χ2v) is 7.13. The van der Waals surface area contributed by atoms with Gasteiger partial charge in [-0.25, -0.2) is 0 Å². The van der Waals surface area contributed by atoms with Gasteiger partial charge in [-0.05, 0) is 49.2 Å². The van der Waals surface area contributed by atoms with Crippen molar-refractivity contribution in [2.24, 2.45) is 0 Å². The molecule has 2 N–H and O–H groups in total. The monoisotopic (exact) mass is 409 g/mol. The average molecular weight is 410 g/mol. The van der Waals surface area contributed by atoms with E-state index in [2.05, 4.69) is 10.6 Å². The minimum atomic E-state index is -4.52. The predicted octanol–water partition coefficient (Wildman–Crippen LogP) is 4.53. The number of alkyl halides is 3. The Kier molecular flexibility index (Phi) is 4.45. The highest BCUT2D eigenvalue weighted by Crippen LogP contribution is 2.38. The van der Waals surface area contributed by atoms with E-state index in [0.717, 1.165) is 43.3 Å². The summed E-state index contributed by atoms with van der Waals surface area (Å²) in [7, 11) is 0. The number of benzene rings is 2. The molecule has 0 bridgehead atoms. The number of anilines is 3. The van der Waals surface area contributed by atoms with Crippen molar-refractivity contribution in [1.82, 2.24) is 0 Å². The standard InChI is InChI=1S/C19H15ClF3N3O2/c20-12-9-11(19(21,22)23)4-5-13(12)24-17(27)10-3-6-15-14(8-10)25-18(28)16-2-1-7-26(15)16/h3-6,8-9,16H,1-2,7H2,(H,24,27)(H,25,28)/t16-/m0/s1. The van der Waals surface area contributed by atoms with Gasteiger partial charge in [0.15, 0.2) is 0 Å². The summed E-state index contributed by atoms with van der Waals surface area (Å²) in [5.41, 5.74) is 0.821. The van der Waals surface area contributed by atoms with Crippen LogP contribution in [0.15, 0.2) is 36.4 Å². The van der Waals surface area contributed by atoms with Crippen LogP contribution in [-0.4, -0.2) is 24.4 Å². The van der Waals surface area contributed by atoms with Crippen LogP contribution in [0.3, 0.4) is 0 Å². The fourth-order valence-corrected chi connectivity index (χ4v) is 3.79. The highest BCUT2D eigenvalue weighted by Gasteiger charge is 2.36. The van der Waals surface area contributed by atoms with Crippen molar-refractivity contribution >= 4 is 40.5 Å².